The van der Waals surface area contributed by atoms with Crippen molar-refractivity contribution in [2.45, 2.75) is 0 Å². The average molecular weight is 256 g/mol. The minimum atomic E-state index is -1.05. The van der Waals surface area contributed by atoms with Crippen LogP contribution in [0, 0.1) is 0 Å². The summed E-state index contributed by atoms with van der Waals surface area (Å²) in [4.78, 5) is 33.4. The van der Waals surface area contributed by atoms with Crippen molar-refractivity contribution in [1.29, 1.82) is 0 Å². The van der Waals surface area contributed by atoms with Crippen LogP contribution in [0.5, 0.6) is 0 Å². The van der Waals surface area contributed by atoms with E-state index in [0.717, 1.165) is 0 Å². The first kappa shape index (κ1) is 11.1. The molecule has 3 aromatic rings. The Morgan fingerprint density at radius 3 is 2.68 bits per heavy atom. The standard InChI is InChI=1S/C12H8N4O3/c17-10(18)7-2-3-9-8(6-7)15-12(19)16(9)11-13-4-1-5-14-11/h1-6H,(H,15,19)(H,17,18). The fourth-order valence-corrected chi connectivity index (χ4v) is 1.85. The Morgan fingerprint density at radius 2 is 2.00 bits per heavy atom. The number of carbonyl (C=O) groups is 1. The molecule has 3 rings (SSSR count). The van der Waals surface area contributed by atoms with Crippen LogP contribution in [0.25, 0.3) is 17.0 Å². The van der Waals surface area contributed by atoms with E-state index < -0.39 is 11.7 Å². The molecule has 0 amide bonds. The van der Waals surface area contributed by atoms with E-state index in [1.54, 1.807) is 12.1 Å². The van der Waals surface area contributed by atoms with E-state index in [2.05, 4.69) is 15.0 Å². The van der Waals surface area contributed by atoms with Crippen LogP contribution in [-0.4, -0.2) is 30.6 Å². The number of nitrogens with zero attached hydrogens (tertiary/aromatic N) is 3. The molecule has 1 aromatic carbocycles. The van der Waals surface area contributed by atoms with Crippen molar-refractivity contribution < 1.29 is 9.90 Å². The zero-order valence-corrected chi connectivity index (χ0v) is 9.57. The maximum Gasteiger partial charge on any atom is 0.335 e. The van der Waals surface area contributed by atoms with Crippen LogP contribution < -0.4 is 5.69 Å². The molecule has 0 spiro atoms. The van der Waals surface area contributed by atoms with Crippen LogP contribution >= 0.6 is 0 Å². The lowest BCUT2D eigenvalue weighted by Crippen LogP contribution is -2.16. The quantitative estimate of drug-likeness (QED) is 0.706. The van der Waals surface area contributed by atoms with Gasteiger partial charge in [-0.2, -0.15) is 0 Å². The fourth-order valence-electron chi connectivity index (χ4n) is 1.85. The number of benzene rings is 1. The predicted octanol–water partition coefficient (Wildman–Crippen LogP) is 0.807. The van der Waals surface area contributed by atoms with Crippen LogP contribution in [0.3, 0.4) is 0 Å². The summed E-state index contributed by atoms with van der Waals surface area (Å²) in [6.45, 7) is 0. The molecular formula is C12H8N4O3. The third kappa shape index (κ3) is 1.77. The summed E-state index contributed by atoms with van der Waals surface area (Å²) in [6.07, 6.45) is 3.05. The highest BCUT2D eigenvalue weighted by Crippen LogP contribution is 2.14. The van der Waals surface area contributed by atoms with Gasteiger partial charge in [-0.3, -0.25) is 0 Å². The van der Waals surface area contributed by atoms with E-state index in [1.165, 1.54) is 29.1 Å². The van der Waals surface area contributed by atoms with Gasteiger partial charge in [0, 0.05) is 12.4 Å². The monoisotopic (exact) mass is 256 g/mol. The highest BCUT2D eigenvalue weighted by Gasteiger charge is 2.12. The van der Waals surface area contributed by atoms with Crippen molar-refractivity contribution in [3.63, 3.8) is 0 Å². The average Bonchev–Trinajstić information content (AvgIpc) is 2.74. The zero-order chi connectivity index (χ0) is 13.4. The van der Waals surface area contributed by atoms with E-state index >= 15 is 0 Å². The number of hydrogen-bond donors (Lipinski definition) is 2. The predicted molar refractivity (Wildman–Crippen MR) is 66.4 cm³/mol. The summed E-state index contributed by atoms with van der Waals surface area (Å²) in [5, 5.41) is 8.91. The van der Waals surface area contributed by atoms with Crippen molar-refractivity contribution in [3.05, 3.63) is 52.7 Å². The van der Waals surface area contributed by atoms with Gasteiger partial charge in [-0.1, -0.05) is 0 Å². The summed E-state index contributed by atoms with van der Waals surface area (Å²) in [5.74, 6) is -0.812. The van der Waals surface area contributed by atoms with Crippen LogP contribution in [0.2, 0.25) is 0 Å². The van der Waals surface area contributed by atoms with Gasteiger partial charge < -0.3 is 10.1 Å². The molecular weight excluding hydrogens is 248 g/mol. The first-order valence-electron chi connectivity index (χ1n) is 5.42. The normalized spacial score (nSPS) is 10.7. The third-order valence-electron chi connectivity index (χ3n) is 2.68. The Morgan fingerprint density at radius 1 is 1.26 bits per heavy atom. The first-order valence-corrected chi connectivity index (χ1v) is 5.42. The van der Waals surface area contributed by atoms with Gasteiger partial charge in [-0.25, -0.2) is 24.1 Å². The molecule has 0 saturated heterocycles. The number of aromatic amines is 1. The summed E-state index contributed by atoms with van der Waals surface area (Å²) < 4.78 is 1.29. The van der Waals surface area contributed by atoms with Crippen LogP contribution in [0.15, 0.2) is 41.5 Å². The molecule has 94 valence electrons. The van der Waals surface area contributed by atoms with E-state index in [-0.39, 0.29) is 11.5 Å². The van der Waals surface area contributed by atoms with E-state index in [9.17, 15) is 9.59 Å². The molecule has 7 nitrogen and oxygen atoms in total. The number of rotatable bonds is 2. The first-order chi connectivity index (χ1) is 9.16. The summed E-state index contributed by atoms with van der Waals surface area (Å²) >= 11 is 0. The number of nitrogens with one attached hydrogen (secondary N) is 1. The smallest absolute Gasteiger partial charge is 0.335 e. The van der Waals surface area contributed by atoms with Crippen molar-refractivity contribution >= 4 is 17.0 Å². The number of aromatic nitrogens is 4. The van der Waals surface area contributed by atoms with E-state index in [1.807, 2.05) is 0 Å². The molecule has 19 heavy (non-hydrogen) atoms. The van der Waals surface area contributed by atoms with Gasteiger partial charge in [0.05, 0.1) is 16.6 Å². The lowest BCUT2D eigenvalue weighted by atomic mass is 10.2. The van der Waals surface area contributed by atoms with Crippen molar-refractivity contribution in [3.8, 4) is 5.95 Å². The largest absolute Gasteiger partial charge is 0.478 e. The molecule has 0 radical (unpaired) electrons. The van der Waals surface area contributed by atoms with E-state index in [0.29, 0.717) is 11.0 Å². The number of hydrogen-bond acceptors (Lipinski definition) is 4. The number of H-pyrrole nitrogens is 1. The molecule has 7 heteroatoms. The van der Waals surface area contributed by atoms with Crippen molar-refractivity contribution in [1.82, 2.24) is 19.5 Å². The lowest BCUT2D eigenvalue weighted by Gasteiger charge is -2.00. The molecule has 2 N–H and O–H groups in total. The molecule has 2 aromatic heterocycles. The highest BCUT2D eigenvalue weighted by molar-refractivity contribution is 5.92. The molecule has 0 unspecified atom stereocenters. The molecule has 0 aliphatic heterocycles. The minimum Gasteiger partial charge on any atom is -0.478 e. The third-order valence-corrected chi connectivity index (χ3v) is 2.68. The Hall–Kier alpha value is -2.96. The second-order valence-electron chi connectivity index (χ2n) is 3.85. The fraction of sp³-hybridized carbons (Fsp3) is 0. The molecule has 2 heterocycles. The number of aromatic carboxylic acids is 1. The van der Waals surface area contributed by atoms with Gasteiger partial charge in [-0.15, -0.1) is 0 Å². The summed E-state index contributed by atoms with van der Waals surface area (Å²) in [5.41, 5.74) is 0.650. The Balaban J connectivity index is 2.30. The maximum atomic E-state index is 11.9. The number of imidazole rings is 1. The Labute approximate surface area is 106 Å². The molecule has 0 atom stereocenters. The van der Waals surface area contributed by atoms with Gasteiger partial charge in [0.25, 0.3) is 0 Å². The van der Waals surface area contributed by atoms with Gasteiger partial charge in [0.2, 0.25) is 5.95 Å². The van der Waals surface area contributed by atoms with Gasteiger partial charge in [0.15, 0.2) is 0 Å². The Bertz CT molecular complexity index is 820. The van der Waals surface area contributed by atoms with Gasteiger partial charge >= 0.3 is 11.7 Å². The zero-order valence-electron chi connectivity index (χ0n) is 9.57. The molecule has 0 bridgehead atoms. The number of carboxylic acid groups (broad SMARTS) is 1. The summed E-state index contributed by atoms with van der Waals surface area (Å²) in [7, 11) is 0. The lowest BCUT2D eigenvalue weighted by molar-refractivity contribution is 0.0697. The Kier molecular flexibility index (Phi) is 2.38. The van der Waals surface area contributed by atoms with Gasteiger partial charge in [-0.05, 0) is 24.3 Å². The second kappa shape index (κ2) is 4.05. The molecule has 0 aliphatic carbocycles. The second-order valence-corrected chi connectivity index (χ2v) is 3.85. The molecule has 0 aliphatic rings. The maximum absolute atomic E-state index is 11.9. The number of carboxylic acids is 1. The molecule has 0 saturated carbocycles. The highest BCUT2D eigenvalue weighted by atomic mass is 16.4. The van der Waals surface area contributed by atoms with Crippen LogP contribution in [0.1, 0.15) is 10.4 Å². The van der Waals surface area contributed by atoms with Crippen molar-refractivity contribution in [2.75, 3.05) is 0 Å². The minimum absolute atomic E-state index is 0.106. The SMILES string of the molecule is O=C(O)c1ccc2c(c1)[nH]c(=O)n2-c1ncccn1. The molecule has 0 fully saturated rings. The van der Waals surface area contributed by atoms with Gasteiger partial charge in [0.1, 0.15) is 0 Å². The number of fused-ring (bicyclic) bond motifs is 1. The van der Waals surface area contributed by atoms with Crippen LogP contribution in [-0.2, 0) is 0 Å². The van der Waals surface area contributed by atoms with Crippen molar-refractivity contribution in [2.24, 2.45) is 0 Å². The summed E-state index contributed by atoms with van der Waals surface area (Å²) in [6, 6.07) is 6.02. The topological polar surface area (TPSA) is 101 Å². The van der Waals surface area contributed by atoms with E-state index in [4.69, 9.17) is 5.11 Å². The van der Waals surface area contributed by atoms with Crippen LogP contribution in [0.4, 0.5) is 0 Å².